The molecule has 5 nitrogen and oxygen atoms in total. The average molecular weight is 303 g/mol. The summed E-state index contributed by atoms with van der Waals surface area (Å²) in [5.41, 5.74) is 1.66. The summed E-state index contributed by atoms with van der Waals surface area (Å²) < 4.78 is 1.70. The highest BCUT2D eigenvalue weighted by atomic mass is 35.5. The van der Waals surface area contributed by atoms with Gasteiger partial charge in [0.2, 0.25) is 0 Å². The van der Waals surface area contributed by atoms with Crippen molar-refractivity contribution in [1.29, 1.82) is 0 Å². The van der Waals surface area contributed by atoms with Gasteiger partial charge in [0.1, 0.15) is 0 Å². The normalized spacial score (nSPS) is 12.5. The lowest BCUT2D eigenvalue weighted by molar-refractivity contribution is 0.161. The van der Waals surface area contributed by atoms with Crippen LogP contribution in [0.5, 0.6) is 0 Å². The number of aromatic nitrogens is 3. The van der Waals surface area contributed by atoms with Crippen LogP contribution in [0.3, 0.4) is 0 Å². The van der Waals surface area contributed by atoms with Crippen LogP contribution in [-0.4, -0.2) is 32.5 Å². The summed E-state index contributed by atoms with van der Waals surface area (Å²) in [4.78, 5) is 4.35. The molecular formula is C15H15ClN4O. The Hall–Kier alpha value is -2.11. The summed E-state index contributed by atoms with van der Waals surface area (Å²) >= 11 is 6.16. The fraction of sp³-hybridized carbons (Fsp3) is 0.200. The molecule has 0 aliphatic rings. The maximum absolute atomic E-state index is 10.0. The van der Waals surface area contributed by atoms with Crippen molar-refractivity contribution in [1.82, 2.24) is 14.8 Å². The van der Waals surface area contributed by atoms with Crippen LogP contribution in [0.15, 0.2) is 48.9 Å². The second kappa shape index (κ2) is 6.11. The van der Waals surface area contributed by atoms with Crippen molar-refractivity contribution in [3.05, 3.63) is 53.9 Å². The molecule has 3 rings (SSSR count). The van der Waals surface area contributed by atoms with Crippen LogP contribution < -0.4 is 5.32 Å². The van der Waals surface area contributed by atoms with Gasteiger partial charge in [0, 0.05) is 30.5 Å². The number of benzene rings is 1. The van der Waals surface area contributed by atoms with Gasteiger partial charge in [-0.15, -0.1) is 0 Å². The van der Waals surface area contributed by atoms with E-state index in [0.29, 0.717) is 18.1 Å². The summed E-state index contributed by atoms with van der Waals surface area (Å²) in [6.07, 6.45) is 4.70. The van der Waals surface area contributed by atoms with Crippen molar-refractivity contribution in [2.24, 2.45) is 0 Å². The Morgan fingerprint density at radius 1 is 1.24 bits per heavy atom. The van der Waals surface area contributed by atoms with E-state index in [1.807, 2.05) is 36.5 Å². The molecule has 21 heavy (non-hydrogen) atoms. The van der Waals surface area contributed by atoms with E-state index in [1.54, 1.807) is 17.1 Å². The number of nitrogens with one attached hydrogen (secondary N) is 1. The molecule has 6 heteroatoms. The van der Waals surface area contributed by atoms with Gasteiger partial charge in [0.25, 0.3) is 0 Å². The number of halogens is 1. The van der Waals surface area contributed by atoms with Gasteiger partial charge < -0.3 is 10.4 Å². The topological polar surface area (TPSA) is 63.0 Å². The largest absolute Gasteiger partial charge is 0.389 e. The van der Waals surface area contributed by atoms with Crippen LogP contribution in [0.1, 0.15) is 0 Å². The van der Waals surface area contributed by atoms with Crippen LogP contribution in [-0.2, 0) is 6.54 Å². The molecule has 0 saturated heterocycles. The van der Waals surface area contributed by atoms with E-state index >= 15 is 0 Å². The van der Waals surface area contributed by atoms with Gasteiger partial charge in [-0.2, -0.15) is 5.10 Å². The first kappa shape index (κ1) is 13.9. The minimum atomic E-state index is -0.542. The molecule has 1 aromatic carbocycles. The van der Waals surface area contributed by atoms with Crippen molar-refractivity contribution in [3.8, 4) is 0 Å². The first-order valence-electron chi connectivity index (χ1n) is 6.66. The first-order valence-corrected chi connectivity index (χ1v) is 7.04. The van der Waals surface area contributed by atoms with Crippen LogP contribution in [0.4, 0.5) is 5.69 Å². The fourth-order valence-electron chi connectivity index (χ4n) is 2.20. The standard InChI is InChI=1S/C15H15ClN4O/c16-13-4-5-14(15-12(13)3-1-6-17-15)18-9-11(21)10-20-8-2-7-19-20/h1-8,11,18,21H,9-10H2. The fourth-order valence-corrected chi connectivity index (χ4v) is 2.41. The van der Waals surface area contributed by atoms with Crippen molar-refractivity contribution in [3.63, 3.8) is 0 Å². The Bertz CT molecular complexity index is 730. The molecule has 2 aromatic heterocycles. The molecule has 1 unspecified atom stereocenters. The van der Waals surface area contributed by atoms with Gasteiger partial charge in [0.15, 0.2) is 0 Å². The SMILES string of the molecule is OC(CNc1ccc(Cl)c2cccnc12)Cn1cccn1. The van der Waals surface area contributed by atoms with Gasteiger partial charge in [0.05, 0.1) is 28.9 Å². The lowest BCUT2D eigenvalue weighted by Crippen LogP contribution is -2.25. The van der Waals surface area contributed by atoms with Gasteiger partial charge >= 0.3 is 0 Å². The van der Waals surface area contributed by atoms with E-state index in [9.17, 15) is 5.11 Å². The van der Waals surface area contributed by atoms with E-state index in [0.717, 1.165) is 16.6 Å². The molecule has 0 aliphatic carbocycles. The lowest BCUT2D eigenvalue weighted by atomic mass is 10.2. The third kappa shape index (κ3) is 3.15. The third-order valence-electron chi connectivity index (χ3n) is 3.20. The highest BCUT2D eigenvalue weighted by Gasteiger charge is 2.09. The molecule has 2 N–H and O–H groups in total. The van der Waals surface area contributed by atoms with Gasteiger partial charge in [-0.25, -0.2) is 0 Å². The number of anilines is 1. The number of hydrogen-bond acceptors (Lipinski definition) is 4. The Labute approximate surface area is 127 Å². The van der Waals surface area contributed by atoms with Crippen LogP contribution >= 0.6 is 11.6 Å². The summed E-state index contributed by atoms with van der Waals surface area (Å²) in [6.45, 7) is 0.853. The molecule has 0 fully saturated rings. The zero-order chi connectivity index (χ0) is 14.7. The molecule has 0 radical (unpaired) electrons. The zero-order valence-corrected chi connectivity index (χ0v) is 12.0. The number of aliphatic hydroxyl groups is 1. The molecule has 0 aliphatic heterocycles. The van der Waals surface area contributed by atoms with Crippen molar-refractivity contribution < 1.29 is 5.11 Å². The van der Waals surface area contributed by atoms with E-state index in [4.69, 9.17) is 11.6 Å². The molecule has 0 amide bonds. The summed E-state index contributed by atoms with van der Waals surface area (Å²) in [5, 5.41) is 18.9. The number of hydrogen-bond donors (Lipinski definition) is 2. The van der Waals surface area contributed by atoms with Gasteiger partial charge in [-0.1, -0.05) is 11.6 Å². The van der Waals surface area contributed by atoms with Crippen LogP contribution in [0.25, 0.3) is 10.9 Å². The first-order chi connectivity index (χ1) is 10.2. The minimum absolute atomic E-state index is 0.410. The lowest BCUT2D eigenvalue weighted by Gasteiger charge is -2.14. The maximum Gasteiger partial charge on any atom is 0.0948 e. The molecule has 0 saturated carbocycles. The van der Waals surface area contributed by atoms with Gasteiger partial charge in [-0.05, 0) is 30.3 Å². The third-order valence-corrected chi connectivity index (χ3v) is 3.53. The monoisotopic (exact) mass is 302 g/mol. The van der Waals surface area contributed by atoms with Crippen molar-refractivity contribution in [2.45, 2.75) is 12.6 Å². The Balaban J connectivity index is 1.72. The molecule has 1 atom stereocenters. The summed E-state index contributed by atoms with van der Waals surface area (Å²) in [5.74, 6) is 0. The molecule has 0 spiro atoms. The highest BCUT2D eigenvalue weighted by molar-refractivity contribution is 6.35. The molecule has 0 bridgehead atoms. The number of aliphatic hydroxyl groups excluding tert-OH is 1. The summed E-state index contributed by atoms with van der Waals surface area (Å²) in [6, 6.07) is 9.31. The second-order valence-electron chi connectivity index (χ2n) is 4.76. The average Bonchev–Trinajstić information content (AvgIpc) is 3.00. The van der Waals surface area contributed by atoms with Crippen LogP contribution in [0, 0.1) is 0 Å². The number of rotatable bonds is 5. The Kier molecular flexibility index (Phi) is 4.03. The second-order valence-corrected chi connectivity index (χ2v) is 5.16. The maximum atomic E-state index is 10.0. The predicted molar refractivity (Wildman–Crippen MR) is 83.5 cm³/mol. The predicted octanol–water partition coefficient (Wildman–Crippen LogP) is 2.56. The molecule has 3 aromatic rings. The highest BCUT2D eigenvalue weighted by Crippen LogP contribution is 2.27. The van der Waals surface area contributed by atoms with Gasteiger partial charge in [-0.3, -0.25) is 9.67 Å². The van der Waals surface area contributed by atoms with E-state index in [-0.39, 0.29) is 0 Å². The van der Waals surface area contributed by atoms with E-state index in [2.05, 4.69) is 15.4 Å². The number of pyridine rings is 1. The quantitative estimate of drug-likeness (QED) is 0.760. The molecular weight excluding hydrogens is 288 g/mol. The summed E-state index contributed by atoms with van der Waals surface area (Å²) in [7, 11) is 0. The molecule has 2 heterocycles. The van der Waals surface area contributed by atoms with Crippen molar-refractivity contribution >= 4 is 28.2 Å². The Morgan fingerprint density at radius 3 is 2.95 bits per heavy atom. The van der Waals surface area contributed by atoms with Crippen LogP contribution in [0.2, 0.25) is 5.02 Å². The Morgan fingerprint density at radius 2 is 2.14 bits per heavy atom. The number of nitrogens with zero attached hydrogens (tertiary/aromatic N) is 3. The number of fused-ring (bicyclic) bond motifs is 1. The minimum Gasteiger partial charge on any atom is -0.389 e. The molecule has 108 valence electrons. The van der Waals surface area contributed by atoms with E-state index < -0.39 is 6.10 Å². The van der Waals surface area contributed by atoms with E-state index in [1.165, 1.54) is 0 Å². The smallest absolute Gasteiger partial charge is 0.0948 e. The zero-order valence-electron chi connectivity index (χ0n) is 11.3. The van der Waals surface area contributed by atoms with Crippen molar-refractivity contribution in [2.75, 3.05) is 11.9 Å².